The number of nitrogens with one attached hydrogen (secondary N) is 3. The lowest BCUT2D eigenvalue weighted by Crippen LogP contribution is -2.34. The number of benzene rings is 2. The molecule has 1 unspecified atom stereocenters. The first kappa shape index (κ1) is 19.2. The highest BCUT2D eigenvalue weighted by Gasteiger charge is 2.09. The van der Waals surface area contributed by atoms with Gasteiger partial charge in [-0.1, -0.05) is 24.3 Å². The van der Waals surface area contributed by atoms with Gasteiger partial charge in [0.2, 0.25) is 0 Å². The Balaban J connectivity index is 1.39. The average Bonchev–Trinajstić information content (AvgIpc) is 3.02. The largest absolute Gasteiger partial charge is 0.488 e. The highest BCUT2D eigenvalue weighted by Crippen LogP contribution is 2.23. The number of aryl methyl sites for hydroxylation is 3. The molecule has 1 heterocycles. The summed E-state index contributed by atoms with van der Waals surface area (Å²) < 4.78 is 5.76. The minimum absolute atomic E-state index is 0.225. The van der Waals surface area contributed by atoms with Gasteiger partial charge in [-0.25, -0.2) is 4.98 Å². The van der Waals surface area contributed by atoms with E-state index in [-0.39, 0.29) is 6.61 Å². The number of hydrogen-bond acceptors (Lipinski definition) is 5. The minimum atomic E-state index is -0.583. The van der Waals surface area contributed by atoms with Crippen LogP contribution in [0.15, 0.2) is 36.4 Å². The lowest BCUT2D eigenvalue weighted by atomic mass is 10.1. The van der Waals surface area contributed by atoms with Gasteiger partial charge in [-0.3, -0.25) is 0 Å². The molecule has 0 bridgehead atoms. The maximum absolute atomic E-state index is 10.2. The highest BCUT2D eigenvalue weighted by atomic mass is 16.5. The van der Waals surface area contributed by atoms with Gasteiger partial charge in [0, 0.05) is 25.3 Å². The van der Waals surface area contributed by atoms with E-state index in [4.69, 9.17) is 4.74 Å². The van der Waals surface area contributed by atoms with Crippen LogP contribution in [0.2, 0.25) is 0 Å². The third kappa shape index (κ3) is 4.99. The van der Waals surface area contributed by atoms with Gasteiger partial charge >= 0.3 is 0 Å². The number of para-hydroxylation sites is 2. The smallest absolute Gasteiger partial charge is 0.147 e. The van der Waals surface area contributed by atoms with Gasteiger partial charge in [0.05, 0.1) is 5.52 Å². The third-order valence-electron chi connectivity index (χ3n) is 4.49. The number of aliphatic hydroxyl groups is 1. The van der Waals surface area contributed by atoms with E-state index >= 15 is 0 Å². The van der Waals surface area contributed by atoms with Crippen molar-refractivity contribution in [2.75, 3.05) is 31.6 Å². The fraction of sp³-hybridized carbons (Fsp3) is 0.381. The number of anilines is 1. The lowest BCUT2D eigenvalue weighted by molar-refractivity contribution is 0.107. The molecule has 0 aliphatic carbocycles. The molecule has 1 atom stereocenters. The van der Waals surface area contributed by atoms with Crippen molar-refractivity contribution in [3.05, 3.63) is 53.3 Å². The Morgan fingerprint density at radius 2 is 1.81 bits per heavy atom. The number of aromatic amines is 1. The fourth-order valence-electron chi connectivity index (χ4n) is 3.13. The number of aliphatic hydroxyl groups excluding tert-OH is 1. The number of fused-ring (bicyclic) bond motifs is 1. The van der Waals surface area contributed by atoms with Gasteiger partial charge in [-0.05, 0) is 44.0 Å². The first-order chi connectivity index (χ1) is 13.0. The quantitative estimate of drug-likeness (QED) is 0.437. The van der Waals surface area contributed by atoms with Crippen molar-refractivity contribution in [2.24, 2.45) is 0 Å². The van der Waals surface area contributed by atoms with Crippen LogP contribution in [0.5, 0.6) is 5.75 Å². The summed E-state index contributed by atoms with van der Waals surface area (Å²) in [5, 5.41) is 16.9. The van der Waals surface area contributed by atoms with Crippen molar-refractivity contribution >= 4 is 16.7 Å². The number of imidazole rings is 1. The van der Waals surface area contributed by atoms with Crippen molar-refractivity contribution in [3.63, 3.8) is 0 Å². The molecule has 0 amide bonds. The molecule has 0 fully saturated rings. The number of ether oxygens (including phenoxy) is 1. The van der Waals surface area contributed by atoms with E-state index in [1.54, 1.807) is 0 Å². The summed E-state index contributed by atoms with van der Waals surface area (Å²) in [6, 6.07) is 12.0. The summed E-state index contributed by atoms with van der Waals surface area (Å²) in [7, 11) is 0. The second-order valence-corrected chi connectivity index (χ2v) is 6.84. The van der Waals surface area contributed by atoms with Crippen LogP contribution in [-0.2, 0) is 0 Å². The zero-order chi connectivity index (χ0) is 19.2. The Morgan fingerprint density at radius 1 is 1.07 bits per heavy atom. The first-order valence-corrected chi connectivity index (χ1v) is 9.31. The van der Waals surface area contributed by atoms with Gasteiger partial charge in [0.15, 0.2) is 0 Å². The summed E-state index contributed by atoms with van der Waals surface area (Å²) in [6.07, 6.45) is -0.583. The van der Waals surface area contributed by atoms with Crippen LogP contribution in [0.25, 0.3) is 11.0 Å². The molecule has 27 heavy (non-hydrogen) atoms. The maximum atomic E-state index is 10.2. The topological polar surface area (TPSA) is 82.2 Å². The zero-order valence-corrected chi connectivity index (χ0v) is 16.2. The minimum Gasteiger partial charge on any atom is -0.488 e. The molecule has 0 aliphatic rings. The molecule has 2 aromatic carbocycles. The predicted molar refractivity (Wildman–Crippen MR) is 110 cm³/mol. The number of H-pyrrole nitrogens is 1. The first-order valence-electron chi connectivity index (χ1n) is 9.31. The van der Waals surface area contributed by atoms with E-state index in [2.05, 4.69) is 52.6 Å². The second kappa shape index (κ2) is 8.88. The van der Waals surface area contributed by atoms with E-state index in [0.29, 0.717) is 12.3 Å². The Labute approximate surface area is 160 Å². The second-order valence-electron chi connectivity index (χ2n) is 6.84. The standard InChI is InChI=1S/C21H28N4O2/c1-14-6-4-7-15(2)20(14)23-11-10-22-12-17(26)13-27-19-9-5-8-18-21(19)25-16(3)24-18/h4-9,17,22-23,26H,10-13H2,1-3H3,(H,24,25). The van der Waals surface area contributed by atoms with Gasteiger partial charge in [0.1, 0.15) is 29.8 Å². The molecule has 0 spiro atoms. The summed E-state index contributed by atoms with van der Waals surface area (Å²) in [4.78, 5) is 7.62. The van der Waals surface area contributed by atoms with Crippen LogP contribution in [-0.4, -0.2) is 47.4 Å². The molecule has 3 rings (SSSR count). The highest BCUT2D eigenvalue weighted by molar-refractivity contribution is 5.81. The molecule has 6 nitrogen and oxygen atoms in total. The third-order valence-corrected chi connectivity index (χ3v) is 4.49. The van der Waals surface area contributed by atoms with Crippen LogP contribution in [0, 0.1) is 20.8 Å². The summed E-state index contributed by atoms with van der Waals surface area (Å²) in [5.41, 5.74) is 5.41. The molecular weight excluding hydrogens is 340 g/mol. The lowest BCUT2D eigenvalue weighted by Gasteiger charge is -2.15. The molecule has 0 saturated carbocycles. The van der Waals surface area contributed by atoms with Crippen LogP contribution in [0.4, 0.5) is 5.69 Å². The SMILES string of the molecule is Cc1nc2c(OCC(O)CNCCNc3c(C)cccc3C)cccc2[nH]1. The van der Waals surface area contributed by atoms with Gasteiger partial charge in [-0.2, -0.15) is 0 Å². The summed E-state index contributed by atoms with van der Waals surface area (Å²) >= 11 is 0. The monoisotopic (exact) mass is 368 g/mol. The summed E-state index contributed by atoms with van der Waals surface area (Å²) in [5.74, 6) is 1.53. The number of aromatic nitrogens is 2. The van der Waals surface area contributed by atoms with Gasteiger partial charge in [0.25, 0.3) is 0 Å². The van der Waals surface area contributed by atoms with E-state index in [1.807, 2.05) is 25.1 Å². The van der Waals surface area contributed by atoms with Crippen molar-refractivity contribution in [1.82, 2.24) is 15.3 Å². The molecule has 0 saturated heterocycles. The van der Waals surface area contributed by atoms with Crippen LogP contribution >= 0.6 is 0 Å². The van der Waals surface area contributed by atoms with E-state index in [1.165, 1.54) is 16.8 Å². The maximum Gasteiger partial charge on any atom is 0.147 e. The van der Waals surface area contributed by atoms with Gasteiger partial charge in [-0.15, -0.1) is 0 Å². The predicted octanol–water partition coefficient (Wildman–Crippen LogP) is 2.93. The normalized spacial score (nSPS) is 12.3. The fourth-order valence-corrected chi connectivity index (χ4v) is 3.13. The van der Waals surface area contributed by atoms with Crippen molar-refractivity contribution in [2.45, 2.75) is 26.9 Å². The van der Waals surface area contributed by atoms with Crippen molar-refractivity contribution in [1.29, 1.82) is 0 Å². The van der Waals surface area contributed by atoms with E-state index in [0.717, 1.165) is 29.9 Å². The zero-order valence-electron chi connectivity index (χ0n) is 16.2. The van der Waals surface area contributed by atoms with E-state index in [9.17, 15) is 5.11 Å². The Morgan fingerprint density at radius 3 is 2.59 bits per heavy atom. The summed E-state index contributed by atoms with van der Waals surface area (Å²) in [6.45, 7) is 8.38. The van der Waals surface area contributed by atoms with Gasteiger partial charge < -0.3 is 25.5 Å². The Bertz CT molecular complexity index is 871. The molecular formula is C21H28N4O2. The number of rotatable bonds is 9. The molecule has 0 aliphatic heterocycles. The van der Waals surface area contributed by atoms with Crippen LogP contribution in [0.3, 0.4) is 0 Å². The Kier molecular flexibility index (Phi) is 6.32. The molecule has 1 aromatic heterocycles. The number of hydrogen-bond donors (Lipinski definition) is 4. The average molecular weight is 368 g/mol. The number of nitrogens with zero attached hydrogens (tertiary/aromatic N) is 1. The molecule has 6 heteroatoms. The molecule has 0 radical (unpaired) electrons. The van der Waals surface area contributed by atoms with E-state index < -0.39 is 6.10 Å². The molecule has 4 N–H and O–H groups in total. The van der Waals surface area contributed by atoms with Crippen molar-refractivity contribution in [3.8, 4) is 5.75 Å². The van der Waals surface area contributed by atoms with Crippen molar-refractivity contribution < 1.29 is 9.84 Å². The van der Waals surface area contributed by atoms with Crippen LogP contribution < -0.4 is 15.4 Å². The molecule has 3 aromatic rings. The Hall–Kier alpha value is -2.57. The molecule has 144 valence electrons. The van der Waals surface area contributed by atoms with Crippen LogP contribution in [0.1, 0.15) is 17.0 Å².